The van der Waals surface area contributed by atoms with Crippen molar-refractivity contribution in [2.75, 3.05) is 47.7 Å². The standard InChI is InChI=1S/C21H32O4S6/c1-14(2)20(22)24-8-16-10-28-18(30-16)12-26-6-5-7-27-13-19-29-11-17(31-19)9-25-21(23)15(3)4/h16-19H,1,3,5-13H2,2,4H3. The van der Waals surface area contributed by atoms with Gasteiger partial charge in [0.05, 0.1) is 9.16 Å². The predicted molar refractivity (Wildman–Crippen MR) is 146 cm³/mol. The highest BCUT2D eigenvalue weighted by Gasteiger charge is 2.28. The van der Waals surface area contributed by atoms with Gasteiger partial charge in [0, 0.05) is 44.7 Å². The lowest BCUT2D eigenvalue weighted by Crippen LogP contribution is -2.16. The minimum Gasteiger partial charge on any atom is -0.461 e. The Labute approximate surface area is 212 Å². The van der Waals surface area contributed by atoms with Crippen LogP contribution in [-0.4, -0.2) is 79.3 Å². The zero-order valence-corrected chi connectivity index (χ0v) is 23.1. The largest absolute Gasteiger partial charge is 0.461 e. The number of hydrogen-bond acceptors (Lipinski definition) is 10. The number of carbonyl (C=O) groups excluding carboxylic acids is 2. The Hall–Kier alpha value is 0.520. The van der Waals surface area contributed by atoms with Crippen LogP contribution in [-0.2, 0) is 19.1 Å². The molecule has 2 fully saturated rings. The zero-order chi connectivity index (χ0) is 22.6. The first-order valence-electron chi connectivity index (χ1n) is 10.2. The van der Waals surface area contributed by atoms with E-state index in [0.29, 0.717) is 44.0 Å². The molecule has 0 spiro atoms. The van der Waals surface area contributed by atoms with Crippen LogP contribution in [0.15, 0.2) is 24.3 Å². The molecule has 2 aliphatic rings. The fourth-order valence-corrected chi connectivity index (χ4v) is 12.1. The molecule has 0 aromatic heterocycles. The van der Waals surface area contributed by atoms with Gasteiger partial charge in [-0.05, 0) is 31.8 Å². The van der Waals surface area contributed by atoms with Gasteiger partial charge < -0.3 is 9.47 Å². The van der Waals surface area contributed by atoms with Crippen molar-refractivity contribution in [3.63, 3.8) is 0 Å². The van der Waals surface area contributed by atoms with Crippen molar-refractivity contribution in [1.82, 2.24) is 0 Å². The molecular formula is C21H32O4S6. The highest BCUT2D eigenvalue weighted by molar-refractivity contribution is 8.22. The summed E-state index contributed by atoms with van der Waals surface area (Å²) in [5.74, 6) is 6.26. The quantitative estimate of drug-likeness (QED) is 0.162. The second-order valence-corrected chi connectivity index (χ2v) is 15.7. The lowest BCUT2D eigenvalue weighted by Gasteiger charge is -2.12. The van der Waals surface area contributed by atoms with Gasteiger partial charge in [0.2, 0.25) is 0 Å². The normalized spacial score (nSPS) is 25.4. The molecule has 2 aliphatic heterocycles. The van der Waals surface area contributed by atoms with E-state index in [1.807, 2.05) is 70.6 Å². The van der Waals surface area contributed by atoms with Gasteiger partial charge in [0.15, 0.2) is 0 Å². The summed E-state index contributed by atoms with van der Waals surface area (Å²) < 4.78 is 11.8. The Morgan fingerprint density at radius 3 is 1.65 bits per heavy atom. The van der Waals surface area contributed by atoms with Gasteiger partial charge in [-0.15, -0.1) is 47.0 Å². The molecule has 176 valence electrons. The van der Waals surface area contributed by atoms with Crippen LogP contribution in [0.4, 0.5) is 0 Å². The Kier molecular flexibility index (Phi) is 13.8. The van der Waals surface area contributed by atoms with Gasteiger partial charge in [-0.3, -0.25) is 0 Å². The van der Waals surface area contributed by atoms with E-state index >= 15 is 0 Å². The van der Waals surface area contributed by atoms with E-state index in [9.17, 15) is 9.59 Å². The van der Waals surface area contributed by atoms with Crippen LogP contribution in [0.5, 0.6) is 0 Å². The van der Waals surface area contributed by atoms with Crippen LogP contribution in [0.25, 0.3) is 0 Å². The monoisotopic (exact) mass is 540 g/mol. The minimum atomic E-state index is -0.280. The first-order valence-corrected chi connectivity index (χ1v) is 16.5. The molecule has 0 N–H and O–H groups in total. The van der Waals surface area contributed by atoms with E-state index in [1.54, 1.807) is 13.8 Å². The molecule has 0 aliphatic carbocycles. The van der Waals surface area contributed by atoms with Crippen LogP contribution in [0.3, 0.4) is 0 Å². The van der Waals surface area contributed by atoms with Gasteiger partial charge in [0.1, 0.15) is 13.2 Å². The van der Waals surface area contributed by atoms with Crippen molar-refractivity contribution in [2.45, 2.75) is 39.9 Å². The second kappa shape index (κ2) is 15.4. The lowest BCUT2D eigenvalue weighted by molar-refractivity contribution is -0.139. The average Bonchev–Trinajstić information content (AvgIpc) is 3.38. The topological polar surface area (TPSA) is 52.6 Å². The maximum Gasteiger partial charge on any atom is 0.333 e. The molecule has 0 amide bonds. The summed E-state index contributed by atoms with van der Waals surface area (Å²) in [6, 6.07) is 0. The third-order valence-electron chi connectivity index (χ3n) is 4.21. The van der Waals surface area contributed by atoms with Gasteiger partial charge in [-0.1, -0.05) is 13.2 Å². The van der Waals surface area contributed by atoms with E-state index in [2.05, 4.69) is 13.2 Å². The number of ether oxygens (including phenoxy) is 2. The predicted octanol–water partition coefficient (Wildman–Crippen LogP) is 5.43. The second-order valence-electron chi connectivity index (χ2n) is 7.30. The SMILES string of the molecule is C=C(C)C(=O)OCC1CSC(CSCCCSCC2SCC(COC(=O)C(=C)C)S2)S1. The summed E-state index contributed by atoms with van der Waals surface area (Å²) in [6.07, 6.45) is 1.23. The van der Waals surface area contributed by atoms with Gasteiger partial charge >= 0.3 is 11.9 Å². The Balaban J connectivity index is 1.42. The number of esters is 2. The molecule has 10 heteroatoms. The number of hydrogen-bond donors (Lipinski definition) is 0. The van der Waals surface area contributed by atoms with Crippen molar-refractivity contribution >= 4 is 82.5 Å². The molecule has 31 heavy (non-hydrogen) atoms. The number of carbonyl (C=O) groups is 2. The van der Waals surface area contributed by atoms with Crippen molar-refractivity contribution < 1.29 is 19.1 Å². The highest BCUT2D eigenvalue weighted by atomic mass is 32.2. The molecule has 0 aromatic carbocycles. The fourth-order valence-electron chi connectivity index (χ4n) is 2.57. The Morgan fingerprint density at radius 1 is 0.839 bits per heavy atom. The van der Waals surface area contributed by atoms with E-state index in [0.717, 1.165) is 23.0 Å². The van der Waals surface area contributed by atoms with E-state index in [4.69, 9.17) is 9.47 Å². The van der Waals surface area contributed by atoms with Crippen LogP contribution in [0.2, 0.25) is 0 Å². The summed E-state index contributed by atoms with van der Waals surface area (Å²) in [5, 5.41) is 0.813. The van der Waals surface area contributed by atoms with E-state index < -0.39 is 0 Å². The summed E-state index contributed by atoms with van der Waals surface area (Å²) in [4.78, 5) is 23.0. The average molecular weight is 541 g/mol. The minimum absolute atomic E-state index is 0.280. The fraction of sp³-hybridized carbons (Fsp3) is 0.714. The molecular weight excluding hydrogens is 509 g/mol. The number of thioether (sulfide) groups is 6. The molecule has 0 bridgehead atoms. The summed E-state index contributed by atoms with van der Waals surface area (Å²) >= 11 is 11.9. The first kappa shape index (κ1) is 27.8. The Morgan fingerprint density at radius 2 is 1.26 bits per heavy atom. The van der Waals surface area contributed by atoms with E-state index in [1.165, 1.54) is 17.9 Å². The van der Waals surface area contributed by atoms with Crippen LogP contribution >= 0.6 is 70.6 Å². The lowest BCUT2D eigenvalue weighted by atomic mass is 10.4. The molecule has 2 heterocycles. The van der Waals surface area contributed by atoms with Gasteiger partial charge in [-0.25, -0.2) is 9.59 Å². The molecule has 2 saturated heterocycles. The van der Waals surface area contributed by atoms with Crippen molar-refractivity contribution in [3.8, 4) is 0 Å². The maximum absolute atomic E-state index is 11.5. The first-order chi connectivity index (χ1) is 14.8. The van der Waals surface area contributed by atoms with Crippen LogP contribution in [0.1, 0.15) is 20.3 Å². The van der Waals surface area contributed by atoms with Gasteiger partial charge in [-0.2, -0.15) is 23.5 Å². The maximum atomic E-state index is 11.5. The van der Waals surface area contributed by atoms with Crippen molar-refractivity contribution in [2.24, 2.45) is 0 Å². The zero-order valence-electron chi connectivity index (χ0n) is 18.2. The molecule has 4 unspecified atom stereocenters. The molecule has 0 saturated carbocycles. The molecule has 4 atom stereocenters. The van der Waals surface area contributed by atoms with Gasteiger partial charge in [0.25, 0.3) is 0 Å². The van der Waals surface area contributed by atoms with Crippen molar-refractivity contribution in [1.29, 1.82) is 0 Å². The number of rotatable bonds is 14. The molecule has 4 nitrogen and oxygen atoms in total. The van der Waals surface area contributed by atoms with Crippen LogP contribution < -0.4 is 0 Å². The summed E-state index contributed by atoms with van der Waals surface area (Å²) in [7, 11) is 0. The van der Waals surface area contributed by atoms with Crippen molar-refractivity contribution in [3.05, 3.63) is 24.3 Å². The highest BCUT2D eigenvalue weighted by Crippen LogP contribution is 2.41. The summed E-state index contributed by atoms with van der Waals surface area (Å²) in [6.45, 7) is 11.6. The molecule has 2 rings (SSSR count). The smallest absolute Gasteiger partial charge is 0.333 e. The molecule has 0 aromatic rings. The van der Waals surface area contributed by atoms with Crippen LogP contribution in [0, 0.1) is 0 Å². The Bertz CT molecular complexity index is 577. The third-order valence-corrected chi connectivity index (χ3v) is 13.8. The molecule has 0 radical (unpaired) electrons. The third kappa shape index (κ3) is 11.5. The van der Waals surface area contributed by atoms with E-state index in [-0.39, 0.29) is 11.9 Å². The summed E-state index contributed by atoms with van der Waals surface area (Å²) in [5.41, 5.74) is 0.935.